The minimum Gasteiger partial charge on any atom is -0.355 e. The van der Waals surface area contributed by atoms with E-state index in [0.29, 0.717) is 18.1 Å². The van der Waals surface area contributed by atoms with Crippen LogP contribution in [0.4, 0.5) is 0 Å². The van der Waals surface area contributed by atoms with E-state index in [-0.39, 0.29) is 24.0 Å². The summed E-state index contributed by atoms with van der Waals surface area (Å²) in [7, 11) is 6.02. The molecule has 7 heteroatoms. The van der Waals surface area contributed by atoms with Crippen molar-refractivity contribution in [2.45, 2.75) is 58.2 Å². The van der Waals surface area contributed by atoms with Crippen molar-refractivity contribution in [1.29, 1.82) is 0 Å². The number of aliphatic imine (C=N–C) groups is 1. The van der Waals surface area contributed by atoms with Crippen LogP contribution >= 0.6 is 24.0 Å². The Morgan fingerprint density at radius 1 is 1.42 bits per heavy atom. The van der Waals surface area contributed by atoms with Gasteiger partial charge in [0.25, 0.3) is 0 Å². The highest BCUT2D eigenvalue weighted by molar-refractivity contribution is 14.0. The maximum atomic E-state index is 4.74. The Morgan fingerprint density at radius 3 is 2.71 bits per heavy atom. The van der Waals surface area contributed by atoms with Crippen molar-refractivity contribution < 1.29 is 0 Å². The first kappa shape index (κ1) is 21.2. The topological polar surface area (TPSA) is 57.5 Å². The van der Waals surface area contributed by atoms with E-state index in [4.69, 9.17) is 5.10 Å². The van der Waals surface area contributed by atoms with Gasteiger partial charge in [-0.1, -0.05) is 0 Å². The molecule has 1 aromatic rings. The van der Waals surface area contributed by atoms with Crippen LogP contribution in [-0.2, 0) is 12.8 Å². The first-order chi connectivity index (χ1) is 10.9. The molecule has 0 aromatic carbocycles. The predicted octanol–water partition coefficient (Wildman–Crippen LogP) is 2.05. The smallest absolute Gasteiger partial charge is 0.191 e. The molecule has 138 valence electrons. The maximum Gasteiger partial charge on any atom is 0.191 e. The van der Waals surface area contributed by atoms with E-state index >= 15 is 0 Å². The summed E-state index contributed by atoms with van der Waals surface area (Å²) in [4.78, 5) is 6.55. The third-order valence-electron chi connectivity index (χ3n) is 4.64. The molecule has 1 heterocycles. The highest BCUT2D eigenvalue weighted by Crippen LogP contribution is 2.21. The molecule has 0 amide bonds. The van der Waals surface area contributed by atoms with Crippen LogP contribution in [0.3, 0.4) is 0 Å². The summed E-state index contributed by atoms with van der Waals surface area (Å²) in [5.74, 6) is 0.885. The maximum absolute atomic E-state index is 4.74. The zero-order valence-electron chi connectivity index (χ0n) is 15.8. The number of fused-ring (bicyclic) bond motifs is 1. The second-order valence-electron chi connectivity index (χ2n) is 7.02. The fraction of sp³-hybridized carbons (Fsp3) is 0.765. The second kappa shape index (κ2) is 9.60. The van der Waals surface area contributed by atoms with Crippen LogP contribution in [0, 0.1) is 0 Å². The lowest BCUT2D eigenvalue weighted by Gasteiger charge is -2.26. The van der Waals surface area contributed by atoms with E-state index in [1.807, 2.05) is 7.05 Å². The first-order valence-electron chi connectivity index (χ1n) is 8.61. The molecule has 6 nitrogen and oxygen atoms in total. The average Bonchev–Trinajstić information content (AvgIpc) is 2.94. The molecular formula is C17H33IN6. The van der Waals surface area contributed by atoms with Crippen molar-refractivity contribution in [3.8, 4) is 0 Å². The highest BCUT2D eigenvalue weighted by Gasteiger charge is 2.23. The van der Waals surface area contributed by atoms with Crippen molar-refractivity contribution >= 4 is 29.9 Å². The second-order valence-corrected chi connectivity index (χ2v) is 7.02. The van der Waals surface area contributed by atoms with Crippen molar-refractivity contribution in [1.82, 2.24) is 25.3 Å². The molecule has 0 bridgehead atoms. The number of halogens is 1. The fourth-order valence-corrected chi connectivity index (χ4v) is 2.72. The van der Waals surface area contributed by atoms with E-state index in [2.05, 4.69) is 66.3 Å². The molecule has 0 saturated carbocycles. The molecule has 0 radical (unpaired) electrons. The third kappa shape index (κ3) is 5.61. The van der Waals surface area contributed by atoms with Gasteiger partial charge in [-0.25, -0.2) is 0 Å². The fourth-order valence-electron chi connectivity index (χ4n) is 2.72. The Bertz CT molecular complexity index is 537. The van der Waals surface area contributed by atoms with Gasteiger partial charge in [-0.05, 0) is 53.3 Å². The van der Waals surface area contributed by atoms with E-state index in [9.17, 15) is 0 Å². The Kier molecular flexibility index (Phi) is 8.49. The summed E-state index contributed by atoms with van der Waals surface area (Å²) in [6.45, 7) is 7.43. The van der Waals surface area contributed by atoms with Crippen molar-refractivity contribution in [3.63, 3.8) is 0 Å². The summed E-state index contributed by atoms with van der Waals surface area (Å²) >= 11 is 0. The van der Waals surface area contributed by atoms with Gasteiger partial charge in [0.05, 0.1) is 5.69 Å². The number of guanidine groups is 1. The Balaban J connectivity index is 0.00000288. The average molecular weight is 448 g/mol. The zero-order chi connectivity index (χ0) is 17.0. The number of nitrogens with one attached hydrogen (secondary N) is 2. The molecule has 1 aromatic heterocycles. The molecule has 1 aliphatic rings. The Labute approximate surface area is 163 Å². The van der Waals surface area contributed by atoms with Gasteiger partial charge in [0.15, 0.2) is 5.96 Å². The van der Waals surface area contributed by atoms with Crippen LogP contribution < -0.4 is 10.6 Å². The molecule has 0 saturated heterocycles. The Hall–Kier alpha value is -0.830. The molecule has 0 fully saturated rings. The molecule has 2 N–H and O–H groups in total. The lowest BCUT2D eigenvalue weighted by atomic mass is 9.94. The van der Waals surface area contributed by atoms with Gasteiger partial charge in [-0.3, -0.25) is 9.67 Å². The van der Waals surface area contributed by atoms with Crippen LogP contribution in [0.5, 0.6) is 0 Å². The van der Waals surface area contributed by atoms with Crippen LogP contribution in [0.1, 0.15) is 44.5 Å². The minimum atomic E-state index is 0. The van der Waals surface area contributed by atoms with E-state index in [0.717, 1.165) is 31.8 Å². The predicted molar refractivity (Wildman–Crippen MR) is 111 cm³/mol. The molecule has 0 aliphatic heterocycles. The number of aromatic nitrogens is 2. The summed E-state index contributed by atoms with van der Waals surface area (Å²) in [6.07, 6.45) is 5.40. The molecule has 2 rings (SSSR count). The third-order valence-corrected chi connectivity index (χ3v) is 4.64. The van der Waals surface area contributed by atoms with Crippen LogP contribution in [-0.4, -0.2) is 60.4 Å². The summed E-state index contributed by atoms with van der Waals surface area (Å²) in [6, 6.07) is 1.29. The summed E-state index contributed by atoms with van der Waals surface area (Å²) in [5, 5.41) is 11.7. The molecule has 2 atom stereocenters. The largest absolute Gasteiger partial charge is 0.355 e. The number of likely N-dealkylation sites (N-methyl/N-ethyl adjacent to an activating group) is 1. The number of hydrogen-bond donors (Lipinski definition) is 2. The van der Waals surface area contributed by atoms with Gasteiger partial charge in [-0.2, -0.15) is 5.10 Å². The van der Waals surface area contributed by atoms with E-state index < -0.39 is 0 Å². The van der Waals surface area contributed by atoms with Gasteiger partial charge in [0.2, 0.25) is 0 Å². The van der Waals surface area contributed by atoms with Crippen LogP contribution in [0.25, 0.3) is 0 Å². The lowest BCUT2D eigenvalue weighted by Crippen LogP contribution is -2.48. The lowest BCUT2D eigenvalue weighted by molar-refractivity contribution is 0.312. The SMILES string of the molecule is CN=C(NCC(C)N(C)C)NC1CCc2cn(C(C)C)nc2C1.I. The standard InChI is InChI=1S/C17H32N6.HI/c1-12(2)23-11-14-7-8-15(9-16(14)21-23)20-17(18-4)19-10-13(3)22(5)6;/h11-13,15H,7-10H2,1-6H3,(H2,18,19,20);1H. The van der Waals surface area contributed by atoms with Gasteiger partial charge in [0, 0.05) is 44.3 Å². The minimum absolute atomic E-state index is 0. The van der Waals surface area contributed by atoms with Gasteiger partial charge >= 0.3 is 0 Å². The van der Waals surface area contributed by atoms with Crippen molar-refractivity contribution in [2.24, 2.45) is 4.99 Å². The summed E-state index contributed by atoms with van der Waals surface area (Å²) in [5.41, 5.74) is 2.64. The molecule has 0 spiro atoms. The molecule has 1 aliphatic carbocycles. The van der Waals surface area contributed by atoms with Crippen LogP contribution in [0.2, 0.25) is 0 Å². The Morgan fingerprint density at radius 2 is 2.12 bits per heavy atom. The quantitative estimate of drug-likeness (QED) is 0.412. The number of aryl methyl sites for hydroxylation is 1. The molecule has 24 heavy (non-hydrogen) atoms. The number of nitrogens with zero attached hydrogens (tertiary/aromatic N) is 4. The normalized spacial score (nSPS) is 19.0. The monoisotopic (exact) mass is 448 g/mol. The zero-order valence-corrected chi connectivity index (χ0v) is 18.2. The first-order valence-corrected chi connectivity index (χ1v) is 8.61. The molecular weight excluding hydrogens is 415 g/mol. The van der Waals surface area contributed by atoms with E-state index in [1.165, 1.54) is 11.3 Å². The number of rotatable bonds is 5. The molecule has 2 unspecified atom stereocenters. The van der Waals surface area contributed by atoms with Crippen molar-refractivity contribution in [2.75, 3.05) is 27.7 Å². The highest BCUT2D eigenvalue weighted by atomic mass is 127. The van der Waals surface area contributed by atoms with Crippen molar-refractivity contribution in [3.05, 3.63) is 17.5 Å². The van der Waals surface area contributed by atoms with E-state index in [1.54, 1.807) is 0 Å². The van der Waals surface area contributed by atoms with Gasteiger partial charge in [0.1, 0.15) is 0 Å². The van der Waals surface area contributed by atoms with Gasteiger partial charge < -0.3 is 15.5 Å². The number of hydrogen-bond acceptors (Lipinski definition) is 3. The van der Waals surface area contributed by atoms with Gasteiger partial charge in [-0.15, -0.1) is 24.0 Å². The van der Waals surface area contributed by atoms with Crippen LogP contribution in [0.15, 0.2) is 11.2 Å². The summed E-state index contributed by atoms with van der Waals surface area (Å²) < 4.78 is 2.08.